The Morgan fingerprint density at radius 2 is 2.19 bits per heavy atom. The summed E-state index contributed by atoms with van der Waals surface area (Å²) in [7, 11) is 0. The van der Waals surface area contributed by atoms with Crippen LogP contribution < -0.4 is 11.1 Å². The highest BCUT2D eigenvalue weighted by Gasteiger charge is 2.29. The first kappa shape index (κ1) is 12.7. The van der Waals surface area contributed by atoms with Crippen LogP contribution >= 0.6 is 11.3 Å². The van der Waals surface area contributed by atoms with E-state index in [-0.39, 0.29) is 0 Å². The van der Waals surface area contributed by atoms with Crippen LogP contribution in [0.3, 0.4) is 0 Å². The van der Waals surface area contributed by atoms with Crippen LogP contribution in [0, 0.1) is 0 Å². The molecule has 0 aliphatic heterocycles. The van der Waals surface area contributed by atoms with Crippen LogP contribution in [0.4, 0.5) is 0 Å². The molecular weight excluding hydrogens is 228 g/mol. The van der Waals surface area contributed by atoms with Crippen LogP contribution in [-0.2, 0) is 9.59 Å². The molecule has 1 aromatic rings. The van der Waals surface area contributed by atoms with Gasteiger partial charge in [-0.05, 0) is 25.3 Å². The molecule has 5 nitrogen and oxygen atoms in total. The highest BCUT2D eigenvalue weighted by atomic mass is 32.1. The molecule has 0 aliphatic rings. The summed E-state index contributed by atoms with van der Waals surface area (Å²) < 4.78 is 0. The van der Waals surface area contributed by atoms with Crippen molar-refractivity contribution in [1.29, 1.82) is 0 Å². The van der Waals surface area contributed by atoms with Gasteiger partial charge >= 0.3 is 5.97 Å². The smallest absolute Gasteiger partial charge is 0.331 e. The van der Waals surface area contributed by atoms with Crippen molar-refractivity contribution in [2.24, 2.45) is 5.73 Å². The van der Waals surface area contributed by atoms with Gasteiger partial charge in [0.05, 0.1) is 5.54 Å². The monoisotopic (exact) mass is 242 g/mol. The number of hydrogen-bond acceptors (Lipinski definition) is 4. The first-order valence-corrected chi connectivity index (χ1v) is 5.56. The van der Waals surface area contributed by atoms with E-state index in [1.807, 2.05) is 0 Å². The summed E-state index contributed by atoms with van der Waals surface area (Å²) in [5.41, 5.74) is 4.49. The second-order valence-electron chi connectivity index (χ2n) is 3.98. The minimum atomic E-state index is -1.10. The van der Waals surface area contributed by atoms with Crippen LogP contribution in [-0.4, -0.2) is 22.5 Å². The van der Waals surface area contributed by atoms with E-state index in [2.05, 4.69) is 5.32 Å². The van der Waals surface area contributed by atoms with E-state index < -0.39 is 23.5 Å². The van der Waals surface area contributed by atoms with Crippen LogP contribution in [0.25, 0.3) is 0 Å². The van der Waals surface area contributed by atoms with Crippen molar-refractivity contribution in [1.82, 2.24) is 5.32 Å². The number of aliphatic carboxylic acids is 1. The van der Waals surface area contributed by atoms with E-state index in [0.29, 0.717) is 4.88 Å². The summed E-state index contributed by atoms with van der Waals surface area (Å²) in [5, 5.41) is 13.2. The minimum Gasteiger partial charge on any atom is -0.479 e. The van der Waals surface area contributed by atoms with E-state index in [0.717, 1.165) is 0 Å². The molecule has 1 rings (SSSR count). The van der Waals surface area contributed by atoms with Crippen LogP contribution in [0.1, 0.15) is 24.8 Å². The Morgan fingerprint density at radius 1 is 1.56 bits per heavy atom. The molecule has 1 amide bonds. The van der Waals surface area contributed by atoms with Gasteiger partial charge in [-0.25, -0.2) is 4.79 Å². The molecule has 0 spiro atoms. The van der Waals surface area contributed by atoms with Gasteiger partial charge in [-0.15, -0.1) is 11.3 Å². The van der Waals surface area contributed by atoms with Crippen molar-refractivity contribution >= 4 is 23.2 Å². The number of hydrogen-bond donors (Lipinski definition) is 3. The second kappa shape index (κ2) is 4.63. The first-order valence-electron chi connectivity index (χ1n) is 4.68. The number of carboxylic acid groups (broad SMARTS) is 1. The van der Waals surface area contributed by atoms with Gasteiger partial charge < -0.3 is 16.2 Å². The van der Waals surface area contributed by atoms with E-state index in [4.69, 9.17) is 10.8 Å². The molecule has 16 heavy (non-hydrogen) atoms. The Kier molecular flexibility index (Phi) is 3.66. The number of carbonyl (C=O) groups is 2. The number of carboxylic acids is 1. The Morgan fingerprint density at radius 3 is 2.56 bits per heavy atom. The number of nitrogens with one attached hydrogen (secondary N) is 1. The van der Waals surface area contributed by atoms with Gasteiger partial charge in [-0.3, -0.25) is 4.79 Å². The SMILES string of the molecule is CC(C)(N)C(=O)NC(C(=O)O)c1cccs1. The molecule has 0 aromatic carbocycles. The summed E-state index contributed by atoms with van der Waals surface area (Å²) in [6.45, 7) is 3.05. The van der Waals surface area contributed by atoms with Gasteiger partial charge in [0.2, 0.25) is 5.91 Å². The average Bonchev–Trinajstić information content (AvgIpc) is 2.63. The van der Waals surface area contributed by atoms with Gasteiger partial charge in [0.15, 0.2) is 6.04 Å². The lowest BCUT2D eigenvalue weighted by Crippen LogP contribution is -2.51. The van der Waals surface area contributed by atoms with Gasteiger partial charge in [0, 0.05) is 4.88 Å². The van der Waals surface area contributed by atoms with Gasteiger partial charge in [0.1, 0.15) is 0 Å². The molecule has 0 bridgehead atoms. The molecular formula is C10H14N2O3S. The molecule has 6 heteroatoms. The molecule has 0 radical (unpaired) electrons. The average molecular weight is 242 g/mol. The largest absolute Gasteiger partial charge is 0.479 e. The molecule has 0 saturated heterocycles. The van der Waals surface area contributed by atoms with Crippen molar-refractivity contribution in [2.75, 3.05) is 0 Å². The predicted octanol–water partition coefficient (Wildman–Crippen LogP) is 0.727. The molecule has 1 heterocycles. The maximum Gasteiger partial charge on any atom is 0.331 e. The van der Waals surface area contributed by atoms with E-state index in [1.165, 1.54) is 25.2 Å². The Labute approximate surface area is 97.3 Å². The number of nitrogens with two attached hydrogens (primary N) is 1. The summed E-state index contributed by atoms with van der Waals surface area (Å²) in [6.07, 6.45) is 0. The summed E-state index contributed by atoms with van der Waals surface area (Å²) >= 11 is 1.28. The molecule has 1 atom stereocenters. The van der Waals surface area contributed by atoms with E-state index in [1.54, 1.807) is 17.5 Å². The summed E-state index contributed by atoms with van der Waals surface area (Å²) in [5.74, 6) is -1.59. The van der Waals surface area contributed by atoms with Crippen molar-refractivity contribution in [3.63, 3.8) is 0 Å². The van der Waals surface area contributed by atoms with Crippen molar-refractivity contribution < 1.29 is 14.7 Å². The zero-order valence-electron chi connectivity index (χ0n) is 9.06. The minimum absolute atomic E-state index is 0.492. The number of amides is 1. The van der Waals surface area contributed by atoms with Crippen LogP contribution in [0.15, 0.2) is 17.5 Å². The van der Waals surface area contributed by atoms with Crippen LogP contribution in [0.5, 0.6) is 0 Å². The maximum absolute atomic E-state index is 11.6. The number of rotatable bonds is 4. The van der Waals surface area contributed by atoms with Crippen molar-refractivity contribution in [2.45, 2.75) is 25.4 Å². The quantitative estimate of drug-likeness (QED) is 0.725. The molecule has 4 N–H and O–H groups in total. The Bertz CT molecular complexity index is 381. The summed E-state index contributed by atoms with van der Waals surface area (Å²) in [4.78, 5) is 23.2. The third-order valence-corrected chi connectivity index (χ3v) is 2.87. The molecule has 88 valence electrons. The topological polar surface area (TPSA) is 92.4 Å². The van der Waals surface area contributed by atoms with Gasteiger partial charge in [-0.1, -0.05) is 6.07 Å². The van der Waals surface area contributed by atoms with Crippen LogP contribution in [0.2, 0.25) is 0 Å². The number of carbonyl (C=O) groups excluding carboxylic acids is 1. The van der Waals surface area contributed by atoms with Gasteiger partial charge in [0.25, 0.3) is 0 Å². The zero-order chi connectivity index (χ0) is 12.3. The fourth-order valence-electron chi connectivity index (χ4n) is 1.03. The molecule has 0 aliphatic carbocycles. The van der Waals surface area contributed by atoms with E-state index >= 15 is 0 Å². The highest BCUT2D eigenvalue weighted by molar-refractivity contribution is 7.10. The summed E-state index contributed by atoms with van der Waals surface area (Å²) in [6, 6.07) is 2.36. The van der Waals surface area contributed by atoms with Gasteiger partial charge in [-0.2, -0.15) is 0 Å². The standard InChI is InChI=1S/C10H14N2O3S/c1-10(2,11)9(15)12-7(8(13)14)6-4-3-5-16-6/h3-5,7H,11H2,1-2H3,(H,12,15)(H,13,14). The first-order chi connectivity index (χ1) is 7.32. The van der Waals surface area contributed by atoms with Crippen molar-refractivity contribution in [3.8, 4) is 0 Å². The molecule has 0 fully saturated rings. The normalized spacial score (nSPS) is 13.2. The molecule has 1 unspecified atom stereocenters. The van der Waals surface area contributed by atoms with Crippen molar-refractivity contribution in [3.05, 3.63) is 22.4 Å². The number of thiophene rings is 1. The maximum atomic E-state index is 11.6. The Hall–Kier alpha value is -1.40. The van der Waals surface area contributed by atoms with E-state index in [9.17, 15) is 9.59 Å². The predicted molar refractivity (Wildman–Crippen MR) is 61.1 cm³/mol. The lowest BCUT2D eigenvalue weighted by molar-refractivity contribution is -0.142. The lowest BCUT2D eigenvalue weighted by Gasteiger charge is -2.21. The molecule has 0 saturated carbocycles. The second-order valence-corrected chi connectivity index (χ2v) is 4.96. The fraction of sp³-hybridized carbons (Fsp3) is 0.400. The third-order valence-electron chi connectivity index (χ3n) is 1.94. The lowest BCUT2D eigenvalue weighted by atomic mass is 10.1. The zero-order valence-corrected chi connectivity index (χ0v) is 9.88. The third kappa shape index (κ3) is 3.04. The fourth-order valence-corrected chi connectivity index (χ4v) is 1.79. The molecule has 1 aromatic heterocycles. The Balaban J connectivity index is 2.83. The highest BCUT2D eigenvalue weighted by Crippen LogP contribution is 2.19.